The van der Waals surface area contributed by atoms with Gasteiger partial charge in [-0.1, -0.05) is 11.6 Å². The first kappa shape index (κ1) is 12.5. The average molecular weight is 213 g/mol. The van der Waals surface area contributed by atoms with Crippen LogP contribution in [0.5, 0.6) is 0 Å². The fraction of sp³-hybridized carbons (Fsp3) is 0.909. The second-order valence-corrected chi connectivity index (χ2v) is 4.09. The Morgan fingerprint density at radius 2 is 2.47 bits per heavy atom. The summed E-state index contributed by atoms with van der Waals surface area (Å²) >= 11 is 0. The maximum absolute atomic E-state index is 5.54. The van der Waals surface area contributed by atoms with E-state index in [-0.39, 0.29) is 0 Å². The third-order valence-corrected chi connectivity index (χ3v) is 2.96. The molecule has 1 saturated heterocycles. The van der Waals surface area contributed by atoms with Gasteiger partial charge in [-0.15, -0.1) is 0 Å². The smallest absolute Gasteiger partial charge is 0.106 e. The second kappa shape index (κ2) is 7.65. The van der Waals surface area contributed by atoms with E-state index < -0.39 is 0 Å². The minimum atomic E-state index is 0.466. The number of oxime groups is 1. The van der Waals surface area contributed by atoms with E-state index in [2.05, 4.69) is 10.5 Å². The molecule has 1 fully saturated rings. The van der Waals surface area contributed by atoms with Crippen LogP contribution >= 0.6 is 0 Å². The molecule has 0 radical (unpaired) electrons. The molecule has 0 bridgehead atoms. The van der Waals surface area contributed by atoms with Crippen molar-refractivity contribution in [2.45, 2.75) is 38.1 Å². The summed E-state index contributed by atoms with van der Waals surface area (Å²) in [4.78, 5) is 4.75. The standard InChI is InChI=1S/C11H23N3O/c1-15-14-9-10(5-4-7-12)11-6-2-3-8-13-11/h9-11,13H,2-8,12H2,1H3/b14-9+/t10-,11+/m1/s1. The highest BCUT2D eigenvalue weighted by molar-refractivity contribution is 5.61. The molecule has 4 heteroatoms. The Morgan fingerprint density at radius 3 is 3.07 bits per heavy atom. The molecule has 88 valence electrons. The second-order valence-electron chi connectivity index (χ2n) is 4.09. The molecular weight excluding hydrogens is 190 g/mol. The van der Waals surface area contributed by atoms with Gasteiger partial charge in [-0.3, -0.25) is 0 Å². The van der Waals surface area contributed by atoms with Crippen molar-refractivity contribution < 1.29 is 4.84 Å². The molecule has 2 atom stereocenters. The van der Waals surface area contributed by atoms with Gasteiger partial charge in [0.25, 0.3) is 0 Å². The van der Waals surface area contributed by atoms with Gasteiger partial charge in [0, 0.05) is 18.2 Å². The molecule has 0 aliphatic carbocycles. The summed E-state index contributed by atoms with van der Waals surface area (Å²) in [6.07, 6.45) is 7.93. The molecule has 3 N–H and O–H groups in total. The van der Waals surface area contributed by atoms with E-state index in [9.17, 15) is 0 Å². The van der Waals surface area contributed by atoms with Crippen molar-refractivity contribution in [3.63, 3.8) is 0 Å². The van der Waals surface area contributed by atoms with Gasteiger partial charge in [0.15, 0.2) is 0 Å². The van der Waals surface area contributed by atoms with Crippen LogP contribution < -0.4 is 11.1 Å². The summed E-state index contributed by atoms with van der Waals surface area (Å²) in [5.41, 5.74) is 5.54. The number of piperidine rings is 1. The van der Waals surface area contributed by atoms with E-state index in [4.69, 9.17) is 10.6 Å². The number of nitrogens with one attached hydrogen (secondary N) is 1. The van der Waals surface area contributed by atoms with E-state index >= 15 is 0 Å². The molecule has 0 aromatic rings. The largest absolute Gasteiger partial charge is 0.399 e. The maximum atomic E-state index is 5.54. The topological polar surface area (TPSA) is 59.6 Å². The number of nitrogens with two attached hydrogens (primary N) is 1. The Morgan fingerprint density at radius 1 is 1.60 bits per heavy atom. The van der Waals surface area contributed by atoms with Crippen LogP contribution in [0.25, 0.3) is 0 Å². The van der Waals surface area contributed by atoms with Crippen molar-refractivity contribution in [3.8, 4) is 0 Å². The fourth-order valence-electron chi connectivity index (χ4n) is 2.12. The summed E-state index contributed by atoms with van der Waals surface area (Å²) in [6, 6.07) is 0.559. The lowest BCUT2D eigenvalue weighted by molar-refractivity contribution is 0.210. The van der Waals surface area contributed by atoms with Crippen LogP contribution in [-0.4, -0.2) is 32.5 Å². The maximum Gasteiger partial charge on any atom is 0.106 e. The molecule has 1 aliphatic rings. The average Bonchev–Trinajstić information content (AvgIpc) is 2.30. The molecular formula is C11H23N3O. The van der Waals surface area contributed by atoms with Crippen LogP contribution in [0.4, 0.5) is 0 Å². The van der Waals surface area contributed by atoms with Gasteiger partial charge in [0.1, 0.15) is 7.11 Å². The zero-order valence-electron chi connectivity index (χ0n) is 9.61. The predicted octanol–water partition coefficient (Wildman–Crippen LogP) is 1.12. The lowest BCUT2D eigenvalue weighted by Crippen LogP contribution is -2.40. The van der Waals surface area contributed by atoms with Crippen molar-refractivity contribution >= 4 is 6.21 Å². The number of hydrogen-bond donors (Lipinski definition) is 2. The highest BCUT2D eigenvalue weighted by Gasteiger charge is 2.21. The van der Waals surface area contributed by atoms with Crippen LogP contribution in [0.15, 0.2) is 5.16 Å². The molecule has 0 aromatic heterocycles. The van der Waals surface area contributed by atoms with Gasteiger partial charge in [-0.2, -0.15) is 0 Å². The van der Waals surface area contributed by atoms with Crippen molar-refractivity contribution in [2.24, 2.45) is 16.8 Å². The van der Waals surface area contributed by atoms with Crippen LogP contribution in [0.1, 0.15) is 32.1 Å². The first-order valence-corrected chi connectivity index (χ1v) is 5.88. The van der Waals surface area contributed by atoms with Gasteiger partial charge in [0.05, 0.1) is 0 Å². The molecule has 0 amide bonds. The quantitative estimate of drug-likeness (QED) is 0.513. The fourth-order valence-corrected chi connectivity index (χ4v) is 2.12. The SMILES string of the molecule is CO/N=C/[C@@H](CCCN)[C@@H]1CCCCN1. The monoisotopic (exact) mass is 213 g/mol. The van der Waals surface area contributed by atoms with E-state index in [0.717, 1.165) is 25.9 Å². The third-order valence-electron chi connectivity index (χ3n) is 2.96. The Hall–Kier alpha value is -0.610. The minimum absolute atomic E-state index is 0.466. The van der Waals surface area contributed by atoms with E-state index in [1.807, 2.05) is 6.21 Å². The summed E-state index contributed by atoms with van der Waals surface area (Å²) < 4.78 is 0. The van der Waals surface area contributed by atoms with Gasteiger partial charge in [0.2, 0.25) is 0 Å². The molecule has 15 heavy (non-hydrogen) atoms. The van der Waals surface area contributed by atoms with E-state index in [1.54, 1.807) is 7.11 Å². The van der Waals surface area contributed by atoms with E-state index in [1.165, 1.54) is 19.3 Å². The highest BCUT2D eigenvalue weighted by atomic mass is 16.6. The lowest BCUT2D eigenvalue weighted by Gasteiger charge is -2.28. The number of rotatable bonds is 6. The molecule has 0 unspecified atom stereocenters. The molecule has 4 nitrogen and oxygen atoms in total. The van der Waals surface area contributed by atoms with Crippen molar-refractivity contribution in [3.05, 3.63) is 0 Å². The predicted molar refractivity (Wildman–Crippen MR) is 62.9 cm³/mol. The Bertz CT molecular complexity index is 179. The number of nitrogens with zero attached hydrogens (tertiary/aromatic N) is 1. The molecule has 0 aromatic carbocycles. The van der Waals surface area contributed by atoms with Gasteiger partial charge < -0.3 is 15.9 Å². The zero-order valence-corrected chi connectivity index (χ0v) is 9.61. The molecule has 0 spiro atoms. The van der Waals surface area contributed by atoms with Crippen LogP contribution in [0.2, 0.25) is 0 Å². The first-order chi connectivity index (χ1) is 7.38. The first-order valence-electron chi connectivity index (χ1n) is 5.88. The Labute approximate surface area is 92.2 Å². The van der Waals surface area contributed by atoms with Crippen molar-refractivity contribution in [2.75, 3.05) is 20.2 Å². The third kappa shape index (κ3) is 4.62. The van der Waals surface area contributed by atoms with Crippen molar-refractivity contribution in [1.29, 1.82) is 0 Å². The van der Waals surface area contributed by atoms with Crippen LogP contribution in [0.3, 0.4) is 0 Å². The minimum Gasteiger partial charge on any atom is -0.399 e. The zero-order chi connectivity index (χ0) is 10.9. The van der Waals surface area contributed by atoms with E-state index in [0.29, 0.717) is 12.0 Å². The lowest BCUT2D eigenvalue weighted by atomic mass is 9.89. The van der Waals surface area contributed by atoms with Gasteiger partial charge >= 0.3 is 0 Å². The molecule has 1 heterocycles. The van der Waals surface area contributed by atoms with Crippen molar-refractivity contribution in [1.82, 2.24) is 5.32 Å². The summed E-state index contributed by atoms with van der Waals surface area (Å²) in [5, 5.41) is 7.44. The Kier molecular flexibility index (Phi) is 6.36. The van der Waals surface area contributed by atoms with Crippen LogP contribution in [0, 0.1) is 5.92 Å². The normalized spacial score (nSPS) is 24.3. The van der Waals surface area contributed by atoms with Gasteiger partial charge in [-0.05, 0) is 38.8 Å². The summed E-state index contributed by atoms with van der Waals surface area (Å²) in [6.45, 7) is 1.88. The molecule has 0 saturated carbocycles. The highest BCUT2D eigenvalue weighted by Crippen LogP contribution is 2.18. The number of hydrogen-bond acceptors (Lipinski definition) is 4. The molecule has 1 aliphatic heterocycles. The molecule has 1 rings (SSSR count). The summed E-state index contributed by atoms with van der Waals surface area (Å²) in [5.74, 6) is 0.466. The Balaban J connectivity index is 2.41. The van der Waals surface area contributed by atoms with Gasteiger partial charge in [-0.25, -0.2) is 0 Å². The van der Waals surface area contributed by atoms with Crippen LogP contribution in [-0.2, 0) is 4.84 Å². The summed E-state index contributed by atoms with van der Waals surface area (Å²) in [7, 11) is 1.59.